The summed E-state index contributed by atoms with van der Waals surface area (Å²) in [4.78, 5) is 0. The quantitative estimate of drug-likeness (QED) is 0.762. The van der Waals surface area contributed by atoms with Gasteiger partial charge in [0.05, 0.1) is 12.8 Å². The molecular weight excluding hydrogens is 224 g/mol. The number of ether oxygens (including phenoxy) is 1. The van der Waals surface area contributed by atoms with E-state index in [0.717, 1.165) is 30.8 Å². The van der Waals surface area contributed by atoms with E-state index in [1.54, 1.807) is 7.11 Å². The summed E-state index contributed by atoms with van der Waals surface area (Å²) in [6.45, 7) is 9.22. The van der Waals surface area contributed by atoms with Crippen LogP contribution in [0.25, 0.3) is 0 Å². The maximum absolute atomic E-state index is 5.97. The van der Waals surface area contributed by atoms with Crippen LogP contribution in [0.1, 0.15) is 37.8 Å². The van der Waals surface area contributed by atoms with Gasteiger partial charge < -0.3 is 15.8 Å². The van der Waals surface area contributed by atoms with Crippen molar-refractivity contribution in [1.82, 2.24) is 0 Å². The molecule has 0 saturated heterocycles. The number of aryl methyl sites for hydroxylation is 2. The van der Waals surface area contributed by atoms with Crippen molar-refractivity contribution in [3.05, 3.63) is 23.3 Å². The highest BCUT2D eigenvalue weighted by molar-refractivity contribution is 5.63. The van der Waals surface area contributed by atoms with Crippen LogP contribution < -0.4 is 15.8 Å². The fraction of sp³-hybridized carbons (Fsp3) is 0.600. The minimum atomic E-state index is -0.0892. The fourth-order valence-electron chi connectivity index (χ4n) is 2.07. The second kappa shape index (κ2) is 6.10. The summed E-state index contributed by atoms with van der Waals surface area (Å²) in [5.41, 5.74) is 9.42. The molecule has 0 amide bonds. The van der Waals surface area contributed by atoms with E-state index in [1.165, 1.54) is 11.1 Å². The molecule has 18 heavy (non-hydrogen) atoms. The largest absolute Gasteiger partial charge is 0.495 e. The lowest BCUT2D eigenvalue weighted by Gasteiger charge is -2.19. The second-order valence-electron chi connectivity index (χ2n) is 5.68. The van der Waals surface area contributed by atoms with E-state index in [4.69, 9.17) is 10.5 Å². The topological polar surface area (TPSA) is 47.3 Å². The van der Waals surface area contributed by atoms with Gasteiger partial charge in [-0.3, -0.25) is 0 Å². The lowest BCUT2D eigenvalue weighted by molar-refractivity contribution is 0.415. The summed E-state index contributed by atoms with van der Waals surface area (Å²) in [7, 11) is 1.71. The molecule has 0 saturated carbocycles. The van der Waals surface area contributed by atoms with Gasteiger partial charge in [-0.05, 0) is 57.7 Å². The first-order valence-electron chi connectivity index (χ1n) is 6.51. The summed E-state index contributed by atoms with van der Waals surface area (Å²) in [6, 6.07) is 4.22. The van der Waals surface area contributed by atoms with Crippen molar-refractivity contribution < 1.29 is 4.74 Å². The van der Waals surface area contributed by atoms with Gasteiger partial charge in [0.15, 0.2) is 0 Å². The molecule has 3 nitrogen and oxygen atoms in total. The Hall–Kier alpha value is -1.22. The average Bonchev–Trinajstić information content (AvgIpc) is 2.24. The van der Waals surface area contributed by atoms with Crippen molar-refractivity contribution in [1.29, 1.82) is 0 Å². The van der Waals surface area contributed by atoms with Gasteiger partial charge in [0, 0.05) is 12.1 Å². The van der Waals surface area contributed by atoms with E-state index in [-0.39, 0.29) is 5.54 Å². The predicted molar refractivity (Wildman–Crippen MR) is 78.5 cm³/mol. The highest BCUT2D eigenvalue weighted by Crippen LogP contribution is 2.29. The first-order valence-corrected chi connectivity index (χ1v) is 6.51. The van der Waals surface area contributed by atoms with Crippen LogP contribution in [0.5, 0.6) is 5.75 Å². The molecule has 0 aliphatic carbocycles. The van der Waals surface area contributed by atoms with E-state index in [9.17, 15) is 0 Å². The van der Waals surface area contributed by atoms with Gasteiger partial charge in [-0.25, -0.2) is 0 Å². The number of anilines is 1. The molecule has 0 spiro atoms. The number of nitrogens with two attached hydrogens (primary N) is 1. The zero-order valence-electron chi connectivity index (χ0n) is 12.3. The summed E-state index contributed by atoms with van der Waals surface area (Å²) in [5, 5.41) is 3.45. The van der Waals surface area contributed by atoms with Gasteiger partial charge in [0.2, 0.25) is 0 Å². The first-order chi connectivity index (χ1) is 8.33. The molecule has 3 heteroatoms. The summed E-state index contributed by atoms with van der Waals surface area (Å²) >= 11 is 0. The first kappa shape index (κ1) is 14.8. The number of hydrogen-bond donors (Lipinski definition) is 2. The summed E-state index contributed by atoms with van der Waals surface area (Å²) in [5.74, 6) is 0.916. The van der Waals surface area contributed by atoms with E-state index < -0.39 is 0 Å². The van der Waals surface area contributed by atoms with Crippen molar-refractivity contribution in [2.75, 3.05) is 19.0 Å². The van der Waals surface area contributed by atoms with E-state index in [1.807, 2.05) is 0 Å². The van der Waals surface area contributed by atoms with E-state index in [2.05, 4.69) is 45.1 Å². The molecule has 1 rings (SSSR count). The Morgan fingerprint density at radius 2 is 1.94 bits per heavy atom. The highest BCUT2D eigenvalue weighted by atomic mass is 16.5. The van der Waals surface area contributed by atoms with Gasteiger partial charge in [-0.2, -0.15) is 0 Å². The summed E-state index contributed by atoms with van der Waals surface area (Å²) in [6.07, 6.45) is 2.06. The van der Waals surface area contributed by atoms with Gasteiger partial charge in [-0.15, -0.1) is 0 Å². The van der Waals surface area contributed by atoms with E-state index >= 15 is 0 Å². The van der Waals surface area contributed by atoms with Crippen molar-refractivity contribution >= 4 is 5.69 Å². The Bertz CT molecular complexity index is 394. The Morgan fingerprint density at radius 3 is 2.50 bits per heavy atom. The molecule has 0 aliphatic heterocycles. The number of hydrogen-bond acceptors (Lipinski definition) is 3. The third kappa shape index (κ3) is 4.57. The Labute approximate surface area is 111 Å². The molecule has 0 bridgehead atoms. The van der Waals surface area contributed by atoms with Crippen LogP contribution in [-0.4, -0.2) is 19.2 Å². The number of methoxy groups -OCH3 is 1. The molecule has 102 valence electrons. The molecule has 1 aromatic rings. The lowest BCUT2D eigenvalue weighted by atomic mass is 10.00. The smallest absolute Gasteiger partial charge is 0.142 e. The minimum absolute atomic E-state index is 0.0892. The molecule has 0 unspecified atom stereocenters. The predicted octanol–water partition coefficient (Wildman–Crippen LogP) is 3.24. The van der Waals surface area contributed by atoms with Crippen molar-refractivity contribution in [3.8, 4) is 5.75 Å². The number of rotatable bonds is 6. The molecule has 1 aromatic carbocycles. The molecule has 0 radical (unpaired) electrons. The second-order valence-corrected chi connectivity index (χ2v) is 5.68. The van der Waals surface area contributed by atoms with Gasteiger partial charge in [0.25, 0.3) is 0 Å². The van der Waals surface area contributed by atoms with Crippen molar-refractivity contribution in [3.63, 3.8) is 0 Å². The minimum Gasteiger partial charge on any atom is -0.495 e. The zero-order valence-corrected chi connectivity index (χ0v) is 12.3. The van der Waals surface area contributed by atoms with Crippen molar-refractivity contribution in [2.24, 2.45) is 5.73 Å². The van der Waals surface area contributed by atoms with Crippen LogP contribution in [-0.2, 0) is 0 Å². The van der Waals surface area contributed by atoms with Gasteiger partial charge >= 0.3 is 0 Å². The standard InChI is InChI=1S/C15H26N2O/c1-11-9-12(2)14(13(10-11)18-5)17-8-6-7-15(3,4)16/h9-10,17H,6-8,16H2,1-5H3. The van der Waals surface area contributed by atoms with Crippen LogP contribution in [0.3, 0.4) is 0 Å². The van der Waals surface area contributed by atoms with Crippen LogP contribution in [0.4, 0.5) is 5.69 Å². The molecule has 0 fully saturated rings. The molecule has 0 atom stereocenters. The highest BCUT2D eigenvalue weighted by Gasteiger charge is 2.11. The van der Waals surface area contributed by atoms with E-state index in [0.29, 0.717) is 0 Å². The zero-order chi connectivity index (χ0) is 13.8. The van der Waals surface area contributed by atoms with Crippen LogP contribution in [0.15, 0.2) is 12.1 Å². The lowest BCUT2D eigenvalue weighted by Crippen LogP contribution is -2.32. The summed E-state index contributed by atoms with van der Waals surface area (Å²) < 4.78 is 5.42. The Balaban J connectivity index is 2.62. The fourth-order valence-corrected chi connectivity index (χ4v) is 2.07. The van der Waals surface area contributed by atoms with Gasteiger partial charge in [-0.1, -0.05) is 6.07 Å². The third-order valence-electron chi connectivity index (χ3n) is 2.96. The molecular formula is C15H26N2O. The molecule has 3 N–H and O–H groups in total. The maximum Gasteiger partial charge on any atom is 0.142 e. The average molecular weight is 250 g/mol. The van der Waals surface area contributed by atoms with Gasteiger partial charge in [0.1, 0.15) is 5.75 Å². The monoisotopic (exact) mass is 250 g/mol. The van der Waals surface area contributed by atoms with Crippen LogP contribution in [0.2, 0.25) is 0 Å². The Morgan fingerprint density at radius 1 is 1.28 bits per heavy atom. The normalized spacial score (nSPS) is 11.4. The third-order valence-corrected chi connectivity index (χ3v) is 2.96. The molecule has 0 aliphatic rings. The Kier molecular flexibility index (Phi) is 5.03. The van der Waals surface area contributed by atoms with Crippen LogP contribution >= 0.6 is 0 Å². The van der Waals surface area contributed by atoms with Crippen LogP contribution in [0, 0.1) is 13.8 Å². The van der Waals surface area contributed by atoms with Crippen molar-refractivity contribution in [2.45, 2.75) is 46.1 Å². The number of benzene rings is 1. The molecule has 0 aromatic heterocycles. The number of nitrogens with one attached hydrogen (secondary N) is 1. The maximum atomic E-state index is 5.97. The molecule has 0 heterocycles. The SMILES string of the molecule is COc1cc(C)cc(C)c1NCCCC(C)(C)N.